The molecule has 0 aromatic heterocycles. The van der Waals surface area contributed by atoms with E-state index >= 15 is 0 Å². The number of hydrogen-bond acceptors (Lipinski definition) is 5. The number of allylic oxidation sites excluding steroid dienone is 3. The minimum atomic E-state index is 0.153. The fourth-order valence-corrected chi connectivity index (χ4v) is 4.45. The Labute approximate surface area is 192 Å². The molecule has 1 aromatic carbocycles. The number of phenols is 1. The molecule has 0 heterocycles. The van der Waals surface area contributed by atoms with Crippen molar-refractivity contribution in [1.29, 1.82) is 0 Å². The highest BCUT2D eigenvalue weighted by molar-refractivity contribution is 8.22. The zero-order valence-corrected chi connectivity index (χ0v) is 20.4. The van der Waals surface area contributed by atoms with E-state index in [-0.39, 0.29) is 12.5 Å². The summed E-state index contributed by atoms with van der Waals surface area (Å²) in [6.07, 6.45) is 12.3. The molecule has 0 bridgehead atoms. The predicted molar refractivity (Wildman–Crippen MR) is 135 cm³/mol. The first-order valence-electron chi connectivity index (χ1n) is 11.0. The molecule has 5 heteroatoms. The molecule has 1 aromatic rings. The van der Waals surface area contributed by atoms with Crippen LogP contribution in [0.4, 0.5) is 0 Å². The third-order valence-electron chi connectivity index (χ3n) is 4.91. The Bertz CT molecular complexity index is 698. The van der Waals surface area contributed by atoms with Crippen LogP contribution in [0.2, 0.25) is 0 Å². The second-order valence-corrected chi connectivity index (χ2v) is 9.38. The molecular weight excluding hydrogens is 412 g/mol. The van der Waals surface area contributed by atoms with Gasteiger partial charge in [-0.05, 0) is 82.3 Å². The third kappa shape index (κ3) is 9.67. The Morgan fingerprint density at radius 1 is 1.33 bits per heavy atom. The van der Waals surface area contributed by atoms with Crippen LogP contribution in [0.15, 0.2) is 36.4 Å². The van der Waals surface area contributed by atoms with Crippen LogP contribution in [-0.4, -0.2) is 27.0 Å². The molecule has 0 spiro atoms. The van der Waals surface area contributed by atoms with Crippen molar-refractivity contribution in [3.05, 3.63) is 47.6 Å². The molecule has 168 valence electrons. The highest BCUT2D eigenvalue weighted by Crippen LogP contribution is 2.42. The van der Waals surface area contributed by atoms with E-state index in [1.807, 2.05) is 13.0 Å². The minimum Gasteiger partial charge on any atom is -0.507 e. The number of aliphatic hydroxyl groups excluding tert-OH is 1. The maximum absolute atomic E-state index is 10.8. The van der Waals surface area contributed by atoms with E-state index in [0.717, 1.165) is 49.0 Å². The quantitative estimate of drug-likeness (QED) is 0.235. The fraction of sp³-hybridized carbons (Fsp3) is 0.560. The summed E-state index contributed by atoms with van der Waals surface area (Å²) in [5.41, 5.74) is 3.32. The number of aromatic hydroxyl groups is 1. The number of thioether (sulfide) groups is 1. The Hall–Kier alpha value is -1.30. The first-order chi connectivity index (χ1) is 14.5. The van der Waals surface area contributed by atoms with Crippen LogP contribution >= 0.6 is 24.0 Å². The van der Waals surface area contributed by atoms with Gasteiger partial charge in [-0.2, -0.15) is 0 Å². The number of ether oxygens (including phenoxy) is 1. The summed E-state index contributed by atoms with van der Waals surface area (Å²) >= 11 is 6.83. The Morgan fingerprint density at radius 2 is 2.07 bits per heavy atom. The van der Waals surface area contributed by atoms with E-state index in [0.29, 0.717) is 22.3 Å². The Balaban J connectivity index is 0.00000141. The molecule has 0 aliphatic heterocycles. The van der Waals surface area contributed by atoms with Gasteiger partial charge in [-0.15, -0.1) is 6.58 Å². The molecule has 0 fully saturated rings. The number of unbranched alkanes of at least 4 members (excludes halogenated alkanes) is 2. The molecule has 0 saturated heterocycles. The Kier molecular flexibility index (Phi) is 13.8. The monoisotopic (exact) mass is 450 g/mol. The van der Waals surface area contributed by atoms with Crippen LogP contribution < -0.4 is 4.74 Å². The molecule has 2 N–H and O–H groups in total. The summed E-state index contributed by atoms with van der Waals surface area (Å²) in [5.74, 6) is 1.91. The summed E-state index contributed by atoms with van der Waals surface area (Å²) in [5, 5.41) is 19.7. The zero-order chi connectivity index (χ0) is 22.4. The van der Waals surface area contributed by atoms with Gasteiger partial charge in [-0.1, -0.05) is 49.3 Å². The average molecular weight is 451 g/mol. The van der Waals surface area contributed by atoms with Gasteiger partial charge in [0.15, 0.2) is 0 Å². The van der Waals surface area contributed by atoms with Gasteiger partial charge in [0.05, 0.1) is 0 Å². The van der Waals surface area contributed by atoms with E-state index in [9.17, 15) is 5.11 Å². The van der Waals surface area contributed by atoms with Gasteiger partial charge in [0.1, 0.15) is 11.5 Å². The molecular formula is C25H38O3S2. The molecule has 0 radical (unpaired) electrons. The molecule has 2 rings (SSSR count). The predicted octanol–water partition coefficient (Wildman–Crippen LogP) is 7.31. The second kappa shape index (κ2) is 15.5. The lowest BCUT2D eigenvalue weighted by molar-refractivity contribution is 0.296. The van der Waals surface area contributed by atoms with Crippen LogP contribution in [0.25, 0.3) is 0 Å². The van der Waals surface area contributed by atoms with Crippen LogP contribution in [-0.2, 0) is 6.42 Å². The first kappa shape index (κ1) is 26.7. The normalized spacial score (nSPS) is 15.6. The zero-order valence-electron chi connectivity index (χ0n) is 18.8. The van der Waals surface area contributed by atoms with Crippen molar-refractivity contribution in [2.45, 2.75) is 78.1 Å². The lowest BCUT2D eigenvalue weighted by Gasteiger charge is -2.24. The standard InChI is InChI=1S/C22H32O3S2.C3H6/c1-3-4-5-9-17-14-19(24)21(18-10-6-8-16(2)13-18)20(15-17)25-22(26)27-12-7-11-23;1-3-2/h13-15,18,23-24H,3-12H2,1-2H3;3H,1H2,2H3. The largest absolute Gasteiger partial charge is 0.507 e. The smallest absolute Gasteiger partial charge is 0.225 e. The van der Waals surface area contributed by atoms with Crippen molar-refractivity contribution in [3.63, 3.8) is 0 Å². The minimum absolute atomic E-state index is 0.153. The average Bonchev–Trinajstić information content (AvgIpc) is 2.69. The van der Waals surface area contributed by atoms with Crippen LogP contribution in [0.5, 0.6) is 11.5 Å². The maximum Gasteiger partial charge on any atom is 0.225 e. The van der Waals surface area contributed by atoms with E-state index in [4.69, 9.17) is 22.1 Å². The third-order valence-corrected chi connectivity index (χ3v) is 6.16. The van der Waals surface area contributed by atoms with Crippen molar-refractivity contribution in [3.8, 4) is 11.5 Å². The fourth-order valence-electron chi connectivity index (χ4n) is 3.53. The Morgan fingerprint density at radius 3 is 2.70 bits per heavy atom. The summed E-state index contributed by atoms with van der Waals surface area (Å²) in [6.45, 7) is 9.74. The number of rotatable bonds is 9. The van der Waals surface area contributed by atoms with E-state index in [1.54, 1.807) is 6.08 Å². The van der Waals surface area contributed by atoms with Gasteiger partial charge < -0.3 is 14.9 Å². The molecule has 1 atom stereocenters. The van der Waals surface area contributed by atoms with Gasteiger partial charge in [0, 0.05) is 23.8 Å². The number of benzene rings is 1. The number of thiocarbonyl (C=S) groups is 1. The van der Waals surface area contributed by atoms with E-state index < -0.39 is 0 Å². The van der Waals surface area contributed by atoms with Crippen molar-refractivity contribution in [2.75, 3.05) is 12.4 Å². The van der Waals surface area contributed by atoms with Gasteiger partial charge in [-0.3, -0.25) is 0 Å². The number of hydrogen-bond donors (Lipinski definition) is 2. The summed E-state index contributed by atoms with van der Waals surface area (Å²) in [4.78, 5) is 0. The molecule has 3 nitrogen and oxygen atoms in total. The van der Waals surface area contributed by atoms with E-state index in [1.165, 1.54) is 30.2 Å². The van der Waals surface area contributed by atoms with Crippen molar-refractivity contribution in [1.82, 2.24) is 0 Å². The SMILES string of the molecule is C=CC.CCCCCc1cc(O)c(C2C=C(C)CCC2)c(OC(=S)SCCCO)c1. The molecule has 0 amide bonds. The second-order valence-electron chi connectivity index (χ2n) is 7.68. The summed E-state index contributed by atoms with van der Waals surface area (Å²) in [7, 11) is 0. The maximum atomic E-state index is 10.8. The number of phenolic OH excluding ortho intramolecular Hbond substituents is 1. The summed E-state index contributed by atoms with van der Waals surface area (Å²) < 4.78 is 6.48. The van der Waals surface area contributed by atoms with Crippen molar-refractivity contribution in [2.24, 2.45) is 0 Å². The molecule has 1 aliphatic rings. The highest BCUT2D eigenvalue weighted by atomic mass is 32.2. The number of aryl methyl sites for hydroxylation is 1. The van der Waals surface area contributed by atoms with Gasteiger partial charge in [-0.25, -0.2) is 0 Å². The lowest BCUT2D eigenvalue weighted by Crippen LogP contribution is -2.09. The lowest BCUT2D eigenvalue weighted by atomic mass is 9.84. The molecule has 30 heavy (non-hydrogen) atoms. The van der Waals surface area contributed by atoms with Gasteiger partial charge in [0.2, 0.25) is 4.38 Å². The van der Waals surface area contributed by atoms with Crippen molar-refractivity contribution < 1.29 is 14.9 Å². The van der Waals surface area contributed by atoms with Crippen LogP contribution in [0.3, 0.4) is 0 Å². The van der Waals surface area contributed by atoms with Gasteiger partial charge in [0.25, 0.3) is 0 Å². The van der Waals surface area contributed by atoms with Crippen LogP contribution in [0, 0.1) is 0 Å². The van der Waals surface area contributed by atoms with E-state index in [2.05, 4.69) is 32.6 Å². The first-order valence-corrected chi connectivity index (χ1v) is 12.4. The molecule has 1 unspecified atom stereocenters. The van der Waals surface area contributed by atoms with Crippen LogP contribution in [0.1, 0.15) is 82.8 Å². The molecule has 0 saturated carbocycles. The van der Waals surface area contributed by atoms with Crippen molar-refractivity contribution >= 4 is 28.4 Å². The highest BCUT2D eigenvalue weighted by Gasteiger charge is 2.23. The summed E-state index contributed by atoms with van der Waals surface area (Å²) in [6, 6.07) is 3.96. The van der Waals surface area contributed by atoms with Gasteiger partial charge >= 0.3 is 0 Å². The topological polar surface area (TPSA) is 49.7 Å². The molecule has 1 aliphatic carbocycles. The number of aliphatic hydroxyl groups is 1.